The number of aryl methyl sites for hydroxylation is 3. The molecule has 0 spiro atoms. The van der Waals surface area contributed by atoms with Crippen molar-refractivity contribution in [2.24, 2.45) is 5.16 Å². The van der Waals surface area contributed by atoms with E-state index in [0.29, 0.717) is 6.61 Å². The van der Waals surface area contributed by atoms with E-state index in [1.54, 1.807) is 7.11 Å². The van der Waals surface area contributed by atoms with Crippen molar-refractivity contribution >= 4 is 5.71 Å². The van der Waals surface area contributed by atoms with Gasteiger partial charge in [-0.3, -0.25) is 0 Å². The van der Waals surface area contributed by atoms with Crippen molar-refractivity contribution in [2.75, 3.05) is 20.3 Å². The Morgan fingerprint density at radius 3 is 2.30 bits per heavy atom. The summed E-state index contributed by atoms with van der Waals surface area (Å²) in [5, 5.41) is 4.21. The fraction of sp³-hybridized carbons (Fsp3) is 0.483. The van der Waals surface area contributed by atoms with E-state index >= 15 is 0 Å². The number of hydrogen-bond donors (Lipinski definition) is 0. The first-order valence-corrected chi connectivity index (χ1v) is 12.3. The lowest BCUT2D eigenvalue weighted by Crippen LogP contribution is -2.03. The van der Waals surface area contributed by atoms with Crippen LogP contribution in [0.3, 0.4) is 0 Å². The molecule has 0 aliphatic rings. The van der Waals surface area contributed by atoms with Gasteiger partial charge in [-0.05, 0) is 93.7 Å². The predicted octanol–water partition coefficient (Wildman–Crippen LogP) is 7.59. The average molecular weight is 452 g/mol. The van der Waals surface area contributed by atoms with E-state index in [4.69, 9.17) is 14.3 Å². The largest absolute Gasteiger partial charge is 0.493 e. The minimum atomic E-state index is 0.596. The predicted molar refractivity (Wildman–Crippen MR) is 139 cm³/mol. The highest BCUT2D eigenvalue weighted by Gasteiger charge is 2.08. The monoisotopic (exact) mass is 451 g/mol. The van der Waals surface area contributed by atoms with Crippen LogP contribution in [0, 0.1) is 13.8 Å². The number of hydrogen-bond acceptors (Lipinski definition) is 4. The number of oxime groups is 1. The van der Waals surface area contributed by atoms with E-state index in [1.807, 2.05) is 19.1 Å². The van der Waals surface area contributed by atoms with Crippen molar-refractivity contribution in [1.29, 1.82) is 0 Å². The molecule has 33 heavy (non-hydrogen) atoms. The van der Waals surface area contributed by atoms with E-state index in [-0.39, 0.29) is 0 Å². The lowest BCUT2D eigenvalue weighted by atomic mass is 10.0. The number of benzene rings is 2. The third kappa shape index (κ3) is 9.33. The summed E-state index contributed by atoms with van der Waals surface area (Å²) < 4.78 is 11.9. The summed E-state index contributed by atoms with van der Waals surface area (Å²) in [5.74, 6) is 1.88. The van der Waals surface area contributed by atoms with E-state index < -0.39 is 0 Å². The van der Waals surface area contributed by atoms with Crippen LogP contribution >= 0.6 is 0 Å². The van der Waals surface area contributed by atoms with Crippen molar-refractivity contribution in [2.45, 2.75) is 72.6 Å². The van der Waals surface area contributed by atoms with E-state index in [1.165, 1.54) is 5.56 Å². The van der Waals surface area contributed by atoms with Crippen LogP contribution in [0.1, 0.15) is 74.6 Å². The second-order valence-electron chi connectivity index (χ2n) is 8.45. The summed E-state index contributed by atoms with van der Waals surface area (Å²) >= 11 is 0. The molecule has 0 fully saturated rings. The van der Waals surface area contributed by atoms with Crippen LogP contribution in [0.4, 0.5) is 0 Å². The third-order valence-corrected chi connectivity index (χ3v) is 5.63. The van der Waals surface area contributed by atoms with Gasteiger partial charge in [0.25, 0.3) is 0 Å². The molecule has 0 bridgehead atoms. The Morgan fingerprint density at radius 2 is 1.67 bits per heavy atom. The van der Waals surface area contributed by atoms with Gasteiger partial charge in [0.1, 0.15) is 25.2 Å². The van der Waals surface area contributed by atoms with E-state index in [0.717, 1.165) is 85.5 Å². The Morgan fingerprint density at radius 1 is 0.939 bits per heavy atom. The van der Waals surface area contributed by atoms with Gasteiger partial charge >= 0.3 is 0 Å². The first-order chi connectivity index (χ1) is 16.1. The summed E-state index contributed by atoms with van der Waals surface area (Å²) in [5.41, 5.74) is 5.81. The molecule has 0 saturated carbocycles. The fourth-order valence-electron chi connectivity index (χ4n) is 3.81. The molecule has 2 aromatic rings. The molecule has 0 amide bonds. The molecule has 180 valence electrons. The number of rotatable bonds is 15. The van der Waals surface area contributed by atoms with E-state index in [9.17, 15) is 0 Å². The van der Waals surface area contributed by atoms with Gasteiger partial charge in [-0.25, -0.2) is 0 Å². The lowest BCUT2D eigenvalue weighted by Gasteiger charge is -2.14. The summed E-state index contributed by atoms with van der Waals surface area (Å²) in [7, 11) is 1.61. The molecular weight excluding hydrogens is 410 g/mol. The van der Waals surface area contributed by atoms with Crippen molar-refractivity contribution in [1.82, 2.24) is 0 Å². The second kappa shape index (κ2) is 15.2. The molecular formula is C29H41NO3. The highest BCUT2D eigenvalue weighted by molar-refractivity contribution is 6.00. The van der Waals surface area contributed by atoms with Gasteiger partial charge in [0.15, 0.2) is 0 Å². The average Bonchev–Trinajstić information content (AvgIpc) is 2.81. The number of ether oxygens (including phenoxy) is 2. The Hall–Kier alpha value is -2.75. The molecule has 0 aromatic heterocycles. The summed E-state index contributed by atoms with van der Waals surface area (Å²) in [4.78, 5) is 5.03. The maximum atomic E-state index is 6.10. The highest BCUT2D eigenvalue weighted by Crippen LogP contribution is 2.28. The first kappa shape index (κ1) is 26.5. The molecule has 0 aliphatic carbocycles. The highest BCUT2D eigenvalue weighted by atomic mass is 16.6. The Kier molecular flexibility index (Phi) is 12.2. The Bertz CT molecular complexity index is 861. The maximum absolute atomic E-state index is 6.10. The zero-order valence-corrected chi connectivity index (χ0v) is 21.2. The van der Waals surface area contributed by atoms with Crippen LogP contribution in [0.25, 0.3) is 0 Å². The molecule has 0 atom stereocenters. The summed E-state index contributed by atoms with van der Waals surface area (Å²) in [6.45, 7) is 9.70. The molecule has 0 heterocycles. The van der Waals surface area contributed by atoms with Crippen LogP contribution in [-0.4, -0.2) is 26.0 Å². The van der Waals surface area contributed by atoms with Crippen LogP contribution < -0.4 is 9.47 Å². The number of nitrogens with zero attached hydrogens (tertiary/aromatic N) is 1. The lowest BCUT2D eigenvalue weighted by molar-refractivity contribution is 0.212. The molecule has 0 radical (unpaired) electrons. The quantitative estimate of drug-likeness (QED) is 0.121. The first-order valence-electron chi connectivity index (χ1n) is 12.3. The van der Waals surface area contributed by atoms with Crippen molar-refractivity contribution in [3.63, 3.8) is 0 Å². The van der Waals surface area contributed by atoms with Gasteiger partial charge < -0.3 is 14.3 Å². The smallest absolute Gasteiger partial charge is 0.125 e. The molecule has 0 N–H and O–H groups in total. The van der Waals surface area contributed by atoms with Crippen molar-refractivity contribution < 1.29 is 14.3 Å². The van der Waals surface area contributed by atoms with Gasteiger partial charge in [-0.2, -0.15) is 0 Å². The van der Waals surface area contributed by atoms with Crippen LogP contribution in [0.2, 0.25) is 0 Å². The number of allylic oxidation sites excluding steroid dienone is 1. The molecule has 0 unspecified atom stereocenters. The topological polar surface area (TPSA) is 40.0 Å². The minimum absolute atomic E-state index is 0.596. The zero-order valence-electron chi connectivity index (χ0n) is 21.2. The minimum Gasteiger partial charge on any atom is -0.493 e. The Balaban J connectivity index is 1.74. The fourth-order valence-corrected chi connectivity index (χ4v) is 3.81. The van der Waals surface area contributed by atoms with Gasteiger partial charge in [0.2, 0.25) is 0 Å². The van der Waals surface area contributed by atoms with E-state index in [2.05, 4.69) is 62.3 Å². The zero-order chi connectivity index (χ0) is 23.9. The SMILES string of the molecule is C/C=C/COc1cc(C)c(OCCCCCc2ccc(C(CCCC)=NOC)cc2)c(C)c1. The molecule has 0 aliphatic heterocycles. The molecule has 0 saturated heterocycles. The maximum Gasteiger partial charge on any atom is 0.125 e. The van der Waals surface area contributed by atoms with Crippen LogP contribution in [-0.2, 0) is 11.3 Å². The van der Waals surface area contributed by atoms with Gasteiger partial charge in [0, 0.05) is 0 Å². The van der Waals surface area contributed by atoms with Crippen molar-refractivity contribution in [3.8, 4) is 11.5 Å². The van der Waals surface area contributed by atoms with Crippen LogP contribution in [0.5, 0.6) is 11.5 Å². The normalized spacial score (nSPS) is 11.7. The third-order valence-electron chi connectivity index (χ3n) is 5.63. The summed E-state index contributed by atoms with van der Waals surface area (Å²) in [6, 6.07) is 12.9. The van der Waals surface area contributed by atoms with Crippen molar-refractivity contribution in [3.05, 3.63) is 70.8 Å². The summed E-state index contributed by atoms with van der Waals surface area (Å²) in [6.07, 6.45) is 11.7. The van der Waals surface area contributed by atoms with Gasteiger partial charge in [0.05, 0.1) is 12.3 Å². The standard InChI is InChI=1S/C29H41NO3/c1-6-8-14-28(30-31-5)26-17-15-25(16-18-26)13-11-10-12-20-33-29-23(3)21-27(22-24(29)4)32-19-9-7-2/h7,9,15-18,21-22H,6,8,10-14,19-20H2,1-5H3/b9-7+,30-28?. The molecule has 2 rings (SSSR count). The molecule has 4 heteroatoms. The van der Waals surface area contributed by atoms with Crippen LogP contribution in [0.15, 0.2) is 53.7 Å². The Labute approximate surface area is 200 Å². The van der Waals surface area contributed by atoms with Gasteiger partial charge in [-0.15, -0.1) is 0 Å². The van der Waals surface area contributed by atoms with Gasteiger partial charge in [-0.1, -0.05) is 54.9 Å². The molecule has 4 nitrogen and oxygen atoms in total. The molecule has 2 aromatic carbocycles. The second-order valence-corrected chi connectivity index (χ2v) is 8.45. The number of unbranched alkanes of at least 4 members (excludes halogenated alkanes) is 3.